The molecule has 2 nitrogen and oxygen atoms in total. The van der Waals surface area contributed by atoms with Crippen molar-refractivity contribution in [2.24, 2.45) is 0 Å². The molecule has 3 rings (SSSR count). The van der Waals surface area contributed by atoms with Gasteiger partial charge in [0.25, 0.3) is 0 Å². The monoisotopic (exact) mass is 269 g/mol. The molecule has 1 heterocycles. The number of allylic oxidation sites excluding steroid dienone is 2. The fraction of sp³-hybridized carbons (Fsp3) is 0.389. The normalized spacial score (nSPS) is 14.2. The third-order valence-corrected chi connectivity index (χ3v) is 3.44. The molecule has 1 aliphatic rings. The Balaban J connectivity index is 0.000000160. The zero-order chi connectivity index (χ0) is 14.2. The van der Waals surface area contributed by atoms with Gasteiger partial charge in [-0.3, -0.25) is 0 Å². The zero-order valence-corrected chi connectivity index (χ0v) is 12.4. The molecule has 0 radical (unpaired) electrons. The highest BCUT2D eigenvalue weighted by atomic mass is 16.4. The van der Waals surface area contributed by atoms with E-state index in [2.05, 4.69) is 42.2 Å². The van der Waals surface area contributed by atoms with Gasteiger partial charge in [0.2, 0.25) is 5.89 Å². The summed E-state index contributed by atoms with van der Waals surface area (Å²) in [5.74, 6) is 1.73. The fourth-order valence-corrected chi connectivity index (χ4v) is 2.25. The third kappa shape index (κ3) is 4.37. The Morgan fingerprint density at radius 2 is 1.95 bits per heavy atom. The molecule has 0 spiro atoms. The average Bonchev–Trinajstić information content (AvgIpc) is 2.96. The van der Waals surface area contributed by atoms with E-state index in [0.717, 1.165) is 24.5 Å². The van der Waals surface area contributed by atoms with Crippen LogP contribution in [0.4, 0.5) is 0 Å². The lowest BCUT2D eigenvalue weighted by atomic mass is 10.00. The van der Waals surface area contributed by atoms with Crippen LogP contribution in [-0.2, 0) is 6.42 Å². The van der Waals surface area contributed by atoms with Gasteiger partial charge in [0.05, 0.1) is 6.20 Å². The lowest BCUT2D eigenvalue weighted by Crippen LogP contribution is -1.91. The number of nitrogens with zero attached hydrogens (tertiary/aromatic N) is 1. The van der Waals surface area contributed by atoms with Crippen molar-refractivity contribution < 1.29 is 4.42 Å². The third-order valence-electron chi connectivity index (χ3n) is 3.44. The summed E-state index contributed by atoms with van der Waals surface area (Å²) in [6.45, 7) is 4.09. The second kappa shape index (κ2) is 7.68. The molecule has 0 amide bonds. The minimum atomic E-state index is 0.826. The Hall–Kier alpha value is -1.83. The summed E-state index contributed by atoms with van der Waals surface area (Å²) in [5, 5.41) is 0. The number of hydrogen-bond donors (Lipinski definition) is 0. The van der Waals surface area contributed by atoms with Crippen molar-refractivity contribution in [2.45, 2.75) is 46.0 Å². The van der Waals surface area contributed by atoms with Crippen molar-refractivity contribution in [1.82, 2.24) is 4.98 Å². The van der Waals surface area contributed by atoms with Gasteiger partial charge in [-0.1, -0.05) is 43.3 Å². The van der Waals surface area contributed by atoms with Gasteiger partial charge in [0.15, 0.2) is 0 Å². The Bertz CT molecular complexity index is 540. The molecule has 0 fully saturated rings. The molecule has 2 heteroatoms. The van der Waals surface area contributed by atoms with Gasteiger partial charge in [-0.05, 0) is 44.6 Å². The van der Waals surface area contributed by atoms with E-state index >= 15 is 0 Å². The van der Waals surface area contributed by atoms with Gasteiger partial charge < -0.3 is 4.42 Å². The van der Waals surface area contributed by atoms with E-state index in [4.69, 9.17) is 4.42 Å². The van der Waals surface area contributed by atoms with Crippen LogP contribution < -0.4 is 0 Å². The van der Waals surface area contributed by atoms with Crippen LogP contribution in [0.3, 0.4) is 0 Å². The zero-order valence-electron chi connectivity index (χ0n) is 12.4. The standard InChI is InChI=1S/C10H13NO.C8H10/c1-8-7-11-10(12-8)9-5-3-2-4-6-9;1-2-8-6-4-3-5-7-8/h5,7H,2-4,6H2,1H3;3-7H,2H2,1H3. The molecule has 0 unspecified atom stereocenters. The maximum Gasteiger partial charge on any atom is 0.221 e. The Morgan fingerprint density at radius 3 is 2.45 bits per heavy atom. The van der Waals surface area contributed by atoms with Crippen LogP contribution in [-0.4, -0.2) is 4.98 Å². The SMILES string of the molecule is CCc1ccccc1.Cc1cnc(C2=CCCCC2)o1. The van der Waals surface area contributed by atoms with E-state index in [0.29, 0.717) is 0 Å². The summed E-state index contributed by atoms with van der Waals surface area (Å²) < 4.78 is 5.44. The van der Waals surface area contributed by atoms with E-state index in [-0.39, 0.29) is 0 Å². The molecule has 1 aliphatic carbocycles. The second-order valence-corrected chi connectivity index (χ2v) is 5.09. The first-order chi connectivity index (χ1) is 9.79. The summed E-state index contributed by atoms with van der Waals surface area (Å²) in [6.07, 6.45) is 10.0. The number of aryl methyl sites for hydroxylation is 2. The second-order valence-electron chi connectivity index (χ2n) is 5.09. The van der Waals surface area contributed by atoms with Crippen LogP contribution in [0.15, 0.2) is 47.0 Å². The molecule has 0 bridgehead atoms. The summed E-state index contributed by atoms with van der Waals surface area (Å²) >= 11 is 0. The predicted molar refractivity (Wildman–Crippen MR) is 83.5 cm³/mol. The molecule has 20 heavy (non-hydrogen) atoms. The Kier molecular flexibility index (Phi) is 5.60. The Labute approximate surface area is 121 Å². The van der Waals surface area contributed by atoms with Gasteiger partial charge in [-0.25, -0.2) is 4.98 Å². The quantitative estimate of drug-likeness (QED) is 0.750. The largest absolute Gasteiger partial charge is 0.442 e. The number of rotatable bonds is 2. The van der Waals surface area contributed by atoms with Crippen molar-refractivity contribution in [3.63, 3.8) is 0 Å². The van der Waals surface area contributed by atoms with Crippen LogP contribution in [0.5, 0.6) is 0 Å². The molecule has 1 aromatic heterocycles. The molecule has 1 aromatic carbocycles. The molecular formula is C18H23NO. The number of aromatic nitrogens is 1. The topological polar surface area (TPSA) is 26.0 Å². The van der Waals surface area contributed by atoms with Gasteiger partial charge >= 0.3 is 0 Å². The molecule has 0 atom stereocenters. The van der Waals surface area contributed by atoms with Gasteiger partial charge in [0.1, 0.15) is 5.76 Å². The highest BCUT2D eigenvalue weighted by Gasteiger charge is 2.10. The summed E-state index contributed by atoms with van der Waals surface area (Å²) in [5.41, 5.74) is 2.70. The highest BCUT2D eigenvalue weighted by Crippen LogP contribution is 2.25. The van der Waals surface area contributed by atoms with E-state index in [9.17, 15) is 0 Å². The maximum atomic E-state index is 5.44. The highest BCUT2D eigenvalue weighted by molar-refractivity contribution is 5.58. The van der Waals surface area contributed by atoms with Gasteiger partial charge in [-0.2, -0.15) is 0 Å². The van der Waals surface area contributed by atoms with Crippen molar-refractivity contribution in [2.75, 3.05) is 0 Å². The van der Waals surface area contributed by atoms with Crippen molar-refractivity contribution in [3.05, 3.63) is 59.8 Å². The first-order valence-electron chi connectivity index (χ1n) is 7.45. The lowest BCUT2D eigenvalue weighted by molar-refractivity contribution is 0.507. The van der Waals surface area contributed by atoms with Gasteiger partial charge in [0, 0.05) is 5.57 Å². The molecule has 0 N–H and O–H groups in total. The predicted octanol–water partition coefficient (Wildman–Crippen LogP) is 5.19. The smallest absolute Gasteiger partial charge is 0.221 e. The number of benzene rings is 1. The van der Waals surface area contributed by atoms with Crippen LogP contribution in [0.25, 0.3) is 5.57 Å². The minimum absolute atomic E-state index is 0.826. The van der Waals surface area contributed by atoms with Crippen LogP contribution in [0.2, 0.25) is 0 Å². The molecule has 106 valence electrons. The summed E-state index contributed by atoms with van der Waals surface area (Å²) in [7, 11) is 0. The molecule has 0 aliphatic heterocycles. The summed E-state index contributed by atoms with van der Waals surface area (Å²) in [4.78, 5) is 4.20. The molecular weight excluding hydrogens is 246 g/mol. The molecule has 2 aromatic rings. The van der Waals surface area contributed by atoms with Crippen LogP contribution in [0.1, 0.15) is 49.8 Å². The van der Waals surface area contributed by atoms with Crippen molar-refractivity contribution >= 4 is 5.57 Å². The van der Waals surface area contributed by atoms with Crippen LogP contribution in [0, 0.1) is 6.92 Å². The first-order valence-corrected chi connectivity index (χ1v) is 7.45. The first kappa shape index (κ1) is 14.6. The van der Waals surface area contributed by atoms with E-state index in [1.807, 2.05) is 13.0 Å². The average molecular weight is 269 g/mol. The maximum absolute atomic E-state index is 5.44. The molecule has 0 saturated carbocycles. The number of hydrogen-bond acceptors (Lipinski definition) is 2. The van der Waals surface area contributed by atoms with E-state index < -0.39 is 0 Å². The van der Waals surface area contributed by atoms with E-state index in [1.165, 1.54) is 30.4 Å². The van der Waals surface area contributed by atoms with Gasteiger partial charge in [-0.15, -0.1) is 0 Å². The Morgan fingerprint density at radius 1 is 1.15 bits per heavy atom. The van der Waals surface area contributed by atoms with Crippen LogP contribution >= 0.6 is 0 Å². The lowest BCUT2D eigenvalue weighted by Gasteiger charge is -2.08. The number of oxazole rings is 1. The molecule has 0 saturated heterocycles. The van der Waals surface area contributed by atoms with E-state index in [1.54, 1.807) is 6.20 Å². The fourth-order valence-electron chi connectivity index (χ4n) is 2.25. The summed E-state index contributed by atoms with van der Waals surface area (Å²) in [6, 6.07) is 10.5. The van der Waals surface area contributed by atoms with Crippen molar-refractivity contribution in [1.29, 1.82) is 0 Å². The minimum Gasteiger partial charge on any atom is -0.442 e. The van der Waals surface area contributed by atoms with Crippen molar-refractivity contribution in [3.8, 4) is 0 Å².